The average Bonchev–Trinajstić information content (AvgIpc) is 2.79. The Bertz CT molecular complexity index is 1130. The Hall–Kier alpha value is -2.97. The lowest BCUT2D eigenvalue weighted by Crippen LogP contribution is -2.26. The SMILES string of the molecule is COc1ccccc1NC(=O)c1ccc(N(C)S(=O)(=O)c2ccc(SC)cc2)cc1. The Morgan fingerprint density at radius 3 is 2.20 bits per heavy atom. The fraction of sp³-hybridized carbons (Fsp3) is 0.136. The molecule has 0 saturated heterocycles. The highest BCUT2D eigenvalue weighted by molar-refractivity contribution is 7.98. The van der Waals surface area contributed by atoms with Crippen molar-refractivity contribution in [1.82, 2.24) is 0 Å². The number of carbonyl (C=O) groups is 1. The summed E-state index contributed by atoms with van der Waals surface area (Å²) in [6.07, 6.45) is 1.93. The van der Waals surface area contributed by atoms with Crippen LogP contribution in [0.2, 0.25) is 0 Å². The molecule has 3 rings (SSSR count). The first-order valence-corrected chi connectivity index (χ1v) is 11.7. The van der Waals surface area contributed by atoms with Gasteiger partial charge >= 0.3 is 0 Å². The number of rotatable bonds is 7. The average molecular weight is 443 g/mol. The van der Waals surface area contributed by atoms with E-state index < -0.39 is 10.0 Å². The van der Waals surface area contributed by atoms with Gasteiger partial charge in [0, 0.05) is 17.5 Å². The van der Waals surface area contributed by atoms with Gasteiger partial charge in [0.2, 0.25) is 0 Å². The molecule has 6 nitrogen and oxygen atoms in total. The number of nitrogens with zero attached hydrogens (tertiary/aromatic N) is 1. The monoisotopic (exact) mass is 442 g/mol. The maximum Gasteiger partial charge on any atom is 0.264 e. The highest BCUT2D eigenvalue weighted by atomic mass is 32.2. The summed E-state index contributed by atoms with van der Waals surface area (Å²) in [5, 5.41) is 2.80. The lowest BCUT2D eigenvalue weighted by molar-refractivity contribution is 0.102. The van der Waals surface area contributed by atoms with Gasteiger partial charge in [-0.25, -0.2) is 8.42 Å². The zero-order valence-electron chi connectivity index (χ0n) is 16.8. The molecular weight excluding hydrogens is 420 g/mol. The van der Waals surface area contributed by atoms with Gasteiger partial charge in [-0.05, 0) is 66.9 Å². The summed E-state index contributed by atoms with van der Waals surface area (Å²) in [7, 11) is -0.680. The van der Waals surface area contributed by atoms with E-state index in [-0.39, 0.29) is 10.8 Å². The van der Waals surface area contributed by atoms with E-state index in [4.69, 9.17) is 4.74 Å². The van der Waals surface area contributed by atoms with E-state index >= 15 is 0 Å². The Morgan fingerprint density at radius 1 is 0.967 bits per heavy atom. The molecule has 0 unspecified atom stereocenters. The van der Waals surface area contributed by atoms with Crippen LogP contribution in [0.25, 0.3) is 0 Å². The smallest absolute Gasteiger partial charge is 0.264 e. The number of sulfonamides is 1. The van der Waals surface area contributed by atoms with Crippen LogP contribution in [0.4, 0.5) is 11.4 Å². The number of hydrogen-bond donors (Lipinski definition) is 1. The van der Waals surface area contributed by atoms with Crippen molar-refractivity contribution in [2.75, 3.05) is 30.0 Å². The molecule has 0 radical (unpaired) electrons. The Kier molecular flexibility index (Phi) is 6.69. The van der Waals surface area contributed by atoms with Crippen molar-refractivity contribution in [3.05, 3.63) is 78.4 Å². The summed E-state index contributed by atoms with van der Waals surface area (Å²) in [4.78, 5) is 13.7. The van der Waals surface area contributed by atoms with Gasteiger partial charge in [0.15, 0.2) is 0 Å². The second kappa shape index (κ2) is 9.23. The molecule has 0 heterocycles. The summed E-state index contributed by atoms with van der Waals surface area (Å²) >= 11 is 1.55. The molecule has 0 spiro atoms. The van der Waals surface area contributed by atoms with Gasteiger partial charge in [0.25, 0.3) is 15.9 Å². The van der Waals surface area contributed by atoms with Crippen LogP contribution >= 0.6 is 11.8 Å². The van der Waals surface area contributed by atoms with Crippen LogP contribution in [0, 0.1) is 0 Å². The van der Waals surface area contributed by atoms with Crippen LogP contribution in [-0.2, 0) is 10.0 Å². The third-order valence-electron chi connectivity index (χ3n) is 4.57. The van der Waals surface area contributed by atoms with E-state index in [2.05, 4.69) is 5.32 Å². The highest BCUT2D eigenvalue weighted by Crippen LogP contribution is 2.26. The molecule has 0 aliphatic heterocycles. The molecule has 30 heavy (non-hydrogen) atoms. The van der Waals surface area contributed by atoms with E-state index in [1.807, 2.05) is 12.3 Å². The molecule has 1 N–H and O–H groups in total. The second-order valence-corrected chi connectivity index (χ2v) is 9.20. The van der Waals surface area contributed by atoms with Crippen molar-refractivity contribution in [2.45, 2.75) is 9.79 Å². The van der Waals surface area contributed by atoms with Crippen LogP contribution in [0.1, 0.15) is 10.4 Å². The fourth-order valence-corrected chi connectivity index (χ4v) is 4.41. The van der Waals surface area contributed by atoms with Gasteiger partial charge in [-0.3, -0.25) is 9.10 Å². The number of para-hydroxylation sites is 2. The minimum Gasteiger partial charge on any atom is -0.495 e. The van der Waals surface area contributed by atoms with Gasteiger partial charge in [-0.1, -0.05) is 12.1 Å². The molecule has 0 atom stereocenters. The molecule has 0 saturated carbocycles. The zero-order valence-corrected chi connectivity index (χ0v) is 18.5. The van der Waals surface area contributed by atoms with E-state index in [1.54, 1.807) is 78.5 Å². The maximum atomic E-state index is 12.9. The van der Waals surface area contributed by atoms with Crippen molar-refractivity contribution in [1.29, 1.82) is 0 Å². The summed E-state index contributed by atoms with van der Waals surface area (Å²) in [5.74, 6) is 0.241. The van der Waals surface area contributed by atoms with Crippen LogP contribution in [-0.4, -0.2) is 34.7 Å². The normalized spacial score (nSPS) is 11.0. The summed E-state index contributed by atoms with van der Waals surface area (Å²) in [6, 6.07) is 20.2. The summed E-state index contributed by atoms with van der Waals surface area (Å²) in [6.45, 7) is 0. The number of methoxy groups -OCH3 is 1. The van der Waals surface area contributed by atoms with Crippen molar-refractivity contribution in [3.8, 4) is 5.75 Å². The molecule has 8 heteroatoms. The predicted molar refractivity (Wildman–Crippen MR) is 121 cm³/mol. The molecular formula is C22H22N2O4S2. The zero-order chi connectivity index (χ0) is 21.7. The number of amides is 1. The molecule has 0 aliphatic rings. The summed E-state index contributed by atoms with van der Waals surface area (Å²) < 4.78 is 32.2. The molecule has 3 aromatic carbocycles. The van der Waals surface area contributed by atoms with Crippen molar-refractivity contribution in [3.63, 3.8) is 0 Å². The number of benzene rings is 3. The van der Waals surface area contributed by atoms with Gasteiger partial charge in [-0.2, -0.15) is 0 Å². The number of anilines is 2. The predicted octanol–water partition coefficient (Wildman–Crippen LogP) is 4.49. The third-order valence-corrected chi connectivity index (χ3v) is 7.11. The maximum absolute atomic E-state index is 12.9. The van der Waals surface area contributed by atoms with E-state index in [0.29, 0.717) is 22.7 Å². The van der Waals surface area contributed by atoms with E-state index in [9.17, 15) is 13.2 Å². The van der Waals surface area contributed by atoms with Gasteiger partial charge in [0.05, 0.1) is 23.4 Å². The third kappa shape index (κ3) is 4.60. The minimum atomic E-state index is -3.70. The number of hydrogen-bond acceptors (Lipinski definition) is 5. The van der Waals surface area contributed by atoms with Crippen molar-refractivity contribution in [2.24, 2.45) is 0 Å². The highest BCUT2D eigenvalue weighted by Gasteiger charge is 2.21. The largest absolute Gasteiger partial charge is 0.495 e. The van der Waals surface area contributed by atoms with E-state index in [0.717, 1.165) is 4.90 Å². The topological polar surface area (TPSA) is 75.7 Å². The number of thioether (sulfide) groups is 1. The lowest BCUT2D eigenvalue weighted by atomic mass is 10.2. The second-order valence-electron chi connectivity index (χ2n) is 6.35. The molecule has 3 aromatic rings. The van der Waals surface area contributed by atoms with Crippen molar-refractivity contribution >= 4 is 39.1 Å². The Morgan fingerprint density at radius 2 is 1.60 bits per heavy atom. The van der Waals surface area contributed by atoms with E-state index in [1.165, 1.54) is 18.5 Å². The molecule has 0 bridgehead atoms. The molecule has 0 aromatic heterocycles. The van der Waals surface area contributed by atoms with Crippen LogP contribution in [0.3, 0.4) is 0 Å². The van der Waals surface area contributed by atoms with Crippen LogP contribution < -0.4 is 14.4 Å². The van der Waals surface area contributed by atoms with Gasteiger partial charge in [-0.15, -0.1) is 11.8 Å². The standard InChI is InChI=1S/C22H22N2O4S2/c1-24(30(26,27)19-14-12-18(29-3)13-15-19)17-10-8-16(9-11-17)22(25)23-20-6-4-5-7-21(20)28-2/h4-15H,1-3H3,(H,23,25). The van der Waals surface area contributed by atoms with Crippen LogP contribution in [0.5, 0.6) is 5.75 Å². The first-order valence-electron chi connectivity index (χ1n) is 9.04. The first kappa shape index (κ1) is 21.7. The molecule has 156 valence electrons. The molecule has 1 amide bonds. The van der Waals surface area contributed by atoms with Crippen LogP contribution in [0.15, 0.2) is 82.6 Å². The summed E-state index contributed by atoms with van der Waals surface area (Å²) in [5.41, 5.74) is 1.42. The first-order chi connectivity index (χ1) is 14.4. The van der Waals surface area contributed by atoms with Gasteiger partial charge in [0.1, 0.15) is 5.75 Å². The fourth-order valence-electron chi connectivity index (χ4n) is 2.81. The molecule has 0 aliphatic carbocycles. The quantitative estimate of drug-likeness (QED) is 0.546. The van der Waals surface area contributed by atoms with Crippen molar-refractivity contribution < 1.29 is 17.9 Å². The number of nitrogens with one attached hydrogen (secondary N) is 1. The lowest BCUT2D eigenvalue weighted by Gasteiger charge is -2.20. The number of ether oxygens (including phenoxy) is 1. The Balaban J connectivity index is 1.77. The molecule has 0 fully saturated rings. The minimum absolute atomic E-state index is 0.209. The number of carbonyl (C=O) groups excluding carboxylic acids is 1. The van der Waals surface area contributed by atoms with Gasteiger partial charge < -0.3 is 10.1 Å². The Labute approximate surface area is 180 Å².